The summed E-state index contributed by atoms with van der Waals surface area (Å²) in [6, 6.07) is 8.02. The molecule has 0 saturated carbocycles. The lowest BCUT2D eigenvalue weighted by Gasteiger charge is -2.13. The molecule has 1 aromatic rings. The maximum atomic E-state index is 10.4. The zero-order chi connectivity index (χ0) is 12.1. The highest BCUT2D eigenvalue weighted by Gasteiger charge is 2.07. The number of amides is 1. The molecule has 3 heteroatoms. The van der Waals surface area contributed by atoms with Crippen LogP contribution >= 0.6 is 0 Å². The lowest BCUT2D eigenvalue weighted by Crippen LogP contribution is -2.25. The first-order valence-electron chi connectivity index (χ1n) is 5.23. The van der Waals surface area contributed by atoms with Crippen LogP contribution in [0, 0.1) is 0 Å². The van der Waals surface area contributed by atoms with Crippen molar-refractivity contribution in [1.82, 2.24) is 5.32 Å². The summed E-state index contributed by atoms with van der Waals surface area (Å²) < 4.78 is 0. The molecule has 0 aliphatic heterocycles. The molecule has 0 spiro atoms. The summed E-state index contributed by atoms with van der Waals surface area (Å²) in [5.74, 6) is 0.162. The monoisotopic (exact) mass is 219 g/mol. The van der Waals surface area contributed by atoms with Crippen LogP contribution in [-0.2, 0) is 0 Å². The molecular formula is C13H17NO2. The van der Waals surface area contributed by atoms with E-state index in [0.717, 1.165) is 16.7 Å². The molecule has 1 aromatic carbocycles. The van der Waals surface area contributed by atoms with E-state index in [1.807, 2.05) is 32.0 Å². The predicted molar refractivity (Wildman–Crippen MR) is 65.6 cm³/mol. The van der Waals surface area contributed by atoms with Crippen LogP contribution in [0.25, 0.3) is 5.57 Å². The Morgan fingerprint density at radius 2 is 2.25 bits per heavy atom. The Hall–Kier alpha value is -1.77. The van der Waals surface area contributed by atoms with Crippen molar-refractivity contribution in [2.75, 3.05) is 6.54 Å². The van der Waals surface area contributed by atoms with E-state index in [2.05, 4.69) is 18.0 Å². The molecule has 0 aromatic heterocycles. The van der Waals surface area contributed by atoms with E-state index in [1.165, 1.54) is 0 Å². The van der Waals surface area contributed by atoms with Crippen LogP contribution in [0.4, 0.5) is 4.79 Å². The van der Waals surface area contributed by atoms with Crippen LogP contribution in [0.15, 0.2) is 30.8 Å². The molecule has 0 aliphatic rings. The van der Waals surface area contributed by atoms with E-state index >= 15 is 0 Å². The number of hydrogen-bond donors (Lipinski definition) is 2. The predicted octanol–water partition coefficient (Wildman–Crippen LogP) is 3.09. The van der Waals surface area contributed by atoms with Crippen LogP contribution < -0.4 is 5.32 Å². The van der Waals surface area contributed by atoms with Crippen molar-refractivity contribution >= 4 is 11.7 Å². The van der Waals surface area contributed by atoms with Crippen LogP contribution in [0.5, 0.6) is 0 Å². The van der Waals surface area contributed by atoms with Gasteiger partial charge >= 0.3 is 6.09 Å². The molecule has 1 rings (SSSR count). The van der Waals surface area contributed by atoms with Crippen molar-refractivity contribution in [2.45, 2.75) is 19.8 Å². The minimum atomic E-state index is -0.983. The third-order valence-corrected chi connectivity index (χ3v) is 2.51. The molecule has 0 aliphatic carbocycles. The van der Waals surface area contributed by atoms with E-state index in [4.69, 9.17) is 5.11 Å². The quantitative estimate of drug-likeness (QED) is 0.817. The van der Waals surface area contributed by atoms with Gasteiger partial charge in [-0.15, -0.1) is 0 Å². The van der Waals surface area contributed by atoms with Gasteiger partial charge in [-0.3, -0.25) is 0 Å². The average Bonchev–Trinajstić information content (AvgIpc) is 2.26. The van der Waals surface area contributed by atoms with E-state index < -0.39 is 6.09 Å². The number of carbonyl (C=O) groups is 1. The molecule has 1 amide bonds. The number of carboxylic acid groups (broad SMARTS) is 1. The zero-order valence-electron chi connectivity index (χ0n) is 9.66. The standard InChI is InChI=1S/C13H17NO2/c1-9(2)11-5-4-6-12(7-11)10(3)8-14-13(15)16/h4-7,10,14H,1,8H2,2-3H3,(H,15,16). The van der Waals surface area contributed by atoms with Crippen molar-refractivity contribution in [1.29, 1.82) is 0 Å². The van der Waals surface area contributed by atoms with Gasteiger partial charge in [0.05, 0.1) is 0 Å². The van der Waals surface area contributed by atoms with Crippen molar-refractivity contribution in [2.24, 2.45) is 0 Å². The van der Waals surface area contributed by atoms with Gasteiger partial charge in [0.15, 0.2) is 0 Å². The molecular weight excluding hydrogens is 202 g/mol. The van der Waals surface area contributed by atoms with Gasteiger partial charge in [-0.2, -0.15) is 0 Å². The summed E-state index contributed by atoms with van der Waals surface area (Å²) in [5, 5.41) is 10.9. The maximum absolute atomic E-state index is 10.4. The van der Waals surface area contributed by atoms with Gasteiger partial charge in [0.2, 0.25) is 0 Å². The topological polar surface area (TPSA) is 49.3 Å². The van der Waals surface area contributed by atoms with Crippen LogP contribution in [0.1, 0.15) is 30.9 Å². The first-order valence-corrected chi connectivity index (χ1v) is 5.23. The number of benzene rings is 1. The third kappa shape index (κ3) is 3.42. The highest BCUT2D eigenvalue weighted by atomic mass is 16.4. The van der Waals surface area contributed by atoms with Crippen molar-refractivity contribution in [3.8, 4) is 0 Å². The second-order valence-corrected chi connectivity index (χ2v) is 3.99. The first-order chi connectivity index (χ1) is 7.50. The van der Waals surface area contributed by atoms with Gasteiger partial charge in [-0.25, -0.2) is 4.79 Å². The molecule has 0 saturated heterocycles. The highest BCUT2D eigenvalue weighted by molar-refractivity contribution is 5.64. The summed E-state index contributed by atoms with van der Waals surface area (Å²) in [7, 11) is 0. The molecule has 0 heterocycles. The maximum Gasteiger partial charge on any atom is 0.404 e. The largest absolute Gasteiger partial charge is 0.465 e. The lowest BCUT2D eigenvalue weighted by molar-refractivity contribution is 0.194. The van der Waals surface area contributed by atoms with Crippen molar-refractivity contribution < 1.29 is 9.90 Å². The van der Waals surface area contributed by atoms with Crippen molar-refractivity contribution in [3.63, 3.8) is 0 Å². The fourth-order valence-corrected chi connectivity index (χ4v) is 1.47. The van der Waals surface area contributed by atoms with E-state index in [-0.39, 0.29) is 5.92 Å². The number of hydrogen-bond acceptors (Lipinski definition) is 1. The third-order valence-electron chi connectivity index (χ3n) is 2.51. The summed E-state index contributed by atoms with van der Waals surface area (Å²) in [6.07, 6.45) is -0.983. The summed E-state index contributed by atoms with van der Waals surface area (Å²) in [4.78, 5) is 10.4. The molecule has 1 atom stereocenters. The molecule has 0 radical (unpaired) electrons. The van der Waals surface area contributed by atoms with E-state index in [1.54, 1.807) is 0 Å². The number of allylic oxidation sites excluding steroid dienone is 1. The molecule has 86 valence electrons. The molecule has 0 fully saturated rings. The first kappa shape index (κ1) is 12.3. The Labute approximate surface area is 95.8 Å². The SMILES string of the molecule is C=C(C)c1cccc(C(C)CNC(=O)O)c1. The zero-order valence-corrected chi connectivity index (χ0v) is 9.66. The van der Waals surface area contributed by atoms with Gasteiger partial charge in [-0.1, -0.05) is 43.3 Å². The van der Waals surface area contributed by atoms with Gasteiger partial charge < -0.3 is 10.4 Å². The Kier molecular flexibility index (Phi) is 4.11. The van der Waals surface area contributed by atoms with Crippen LogP contribution in [0.2, 0.25) is 0 Å². The Balaban J connectivity index is 2.75. The van der Waals surface area contributed by atoms with E-state index in [0.29, 0.717) is 6.54 Å². The van der Waals surface area contributed by atoms with Gasteiger partial charge in [-0.05, 0) is 24.0 Å². The molecule has 1 unspecified atom stereocenters. The molecule has 2 N–H and O–H groups in total. The van der Waals surface area contributed by atoms with Gasteiger partial charge in [0.1, 0.15) is 0 Å². The summed E-state index contributed by atoms with van der Waals surface area (Å²) >= 11 is 0. The smallest absolute Gasteiger partial charge is 0.404 e. The average molecular weight is 219 g/mol. The second kappa shape index (κ2) is 5.35. The fourth-order valence-electron chi connectivity index (χ4n) is 1.47. The minimum Gasteiger partial charge on any atom is -0.465 e. The number of rotatable bonds is 4. The summed E-state index contributed by atoms with van der Waals surface area (Å²) in [6.45, 7) is 8.27. The fraction of sp³-hybridized carbons (Fsp3) is 0.308. The van der Waals surface area contributed by atoms with Crippen molar-refractivity contribution in [3.05, 3.63) is 42.0 Å². The molecule has 3 nitrogen and oxygen atoms in total. The molecule has 0 bridgehead atoms. The highest BCUT2D eigenvalue weighted by Crippen LogP contribution is 2.19. The minimum absolute atomic E-state index is 0.162. The Morgan fingerprint density at radius 3 is 2.81 bits per heavy atom. The number of nitrogens with one attached hydrogen (secondary N) is 1. The summed E-state index contributed by atoms with van der Waals surface area (Å²) in [5.41, 5.74) is 3.23. The molecule has 16 heavy (non-hydrogen) atoms. The van der Waals surface area contributed by atoms with E-state index in [9.17, 15) is 4.79 Å². The Bertz CT molecular complexity index is 399. The van der Waals surface area contributed by atoms with Gasteiger partial charge in [0, 0.05) is 6.54 Å². The van der Waals surface area contributed by atoms with Crippen LogP contribution in [0.3, 0.4) is 0 Å². The Morgan fingerprint density at radius 1 is 1.56 bits per heavy atom. The van der Waals surface area contributed by atoms with Crippen LogP contribution in [-0.4, -0.2) is 17.7 Å². The van der Waals surface area contributed by atoms with Gasteiger partial charge in [0.25, 0.3) is 0 Å². The second-order valence-electron chi connectivity index (χ2n) is 3.99. The normalized spacial score (nSPS) is 11.9. The lowest BCUT2D eigenvalue weighted by atomic mass is 9.97.